The van der Waals surface area contributed by atoms with Gasteiger partial charge in [-0.2, -0.15) is 30.7 Å². The van der Waals surface area contributed by atoms with Crippen LogP contribution in [0.15, 0.2) is 54.6 Å². The normalized spacial score (nSPS) is 12.4. The number of alkyl halides is 7. The first-order valence-corrected chi connectivity index (χ1v) is 11.0. The monoisotopic (exact) mass is 536 g/mol. The first kappa shape index (κ1) is 29.7. The van der Waals surface area contributed by atoms with Crippen LogP contribution in [-0.2, 0) is 9.53 Å². The van der Waals surface area contributed by atoms with E-state index in [1.807, 2.05) is 6.92 Å². The highest BCUT2D eigenvalue weighted by molar-refractivity contribution is 5.91. The zero-order valence-corrected chi connectivity index (χ0v) is 19.5. The van der Waals surface area contributed by atoms with Gasteiger partial charge in [0.05, 0.1) is 18.8 Å². The Bertz CT molecular complexity index is 1060. The molecule has 0 saturated heterocycles. The lowest BCUT2D eigenvalue weighted by Crippen LogP contribution is -2.51. The van der Waals surface area contributed by atoms with Gasteiger partial charge in [0, 0.05) is 12.5 Å². The van der Waals surface area contributed by atoms with Crippen LogP contribution in [0.25, 0.3) is 6.08 Å². The summed E-state index contributed by atoms with van der Waals surface area (Å²) in [6.07, 6.45) is -5.37. The van der Waals surface area contributed by atoms with Crippen molar-refractivity contribution in [1.82, 2.24) is 0 Å². The van der Waals surface area contributed by atoms with Gasteiger partial charge in [-0.1, -0.05) is 19.1 Å². The number of carbonyl (C=O) groups is 2. The summed E-state index contributed by atoms with van der Waals surface area (Å²) in [7, 11) is 0. The highest BCUT2D eigenvalue weighted by Gasteiger charge is 2.72. The summed E-state index contributed by atoms with van der Waals surface area (Å²) in [5.41, 5.74) is 0.765. The van der Waals surface area contributed by atoms with Crippen LogP contribution in [0.2, 0.25) is 0 Å². The average molecular weight is 536 g/mol. The van der Waals surface area contributed by atoms with Crippen LogP contribution in [0.3, 0.4) is 0 Å². The summed E-state index contributed by atoms with van der Waals surface area (Å²) in [5, 5.41) is 0. The maximum atomic E-state index is 13.3. The Balaban J connectivity index is 1.84. The number of benzene rings is 2. The summed E-state index contributed by atoms with van der Waals surface area (Å²) in [6.45, 7) is 1.63. The standard InChI is InChI=1S/C25H23F7O5/c1-2-15-36-21(33)13-6-17-4-9-20(10-5-17)37-22(34)18-7-11-19(12-8-18)35-16-3-14-23(26,27)24(28,29)25(30,31)32/h4-13H,2-3,14-16H2,1H3/b13-6+. The quantitative estimate of drug-likeness (QED) is 0.0975. The second-order valence-corrected chi connectivity index (χ2v) is 7.71. The predicted octanol–water partition coefficient (Wildman–Crippen LogP) is 6.86. The Hall–Kier alpha value is -3.57. The minimum atomic E-state index is -6.37. The van der Waals surface area contributed by atoms with Gasteiger partial charge in [-0.25, -0.2) is 9.59 Å². The van der Waals surface area contributed by atoms with Gasteiger partial charge < -0.3 is 14.2 Å². The van der Waals surface area contributed by atoms with Gasteiger partial charge in [0.2, 0.25) is 0 Å². The van der Waals surface area contributed by atoms with Gasteiger partial charge >= 0.3 is 30.0 Å². The van der Waals surface area contributed by atoms with Gasteiger partial charge in [0.15, 0.2) is 0 Å². The molecule has 37 heavy (non-hydrogen) atoms. The highest BCUT2D eigenvalue weighted by atomic mass is 19.4. The van der Waals surface area contributed by atoms with E-state index in [2.05, 4.69) is 0 Å². The van der Waals surface area contributed by atoms with E-state index in [1.54, 1.807) is 12.1 Å². The van der Waals surface area contributed by atoms with E-state index in [9.17, 15) is 40.3 Å². The van der Waals surface area contributed by atoms with Crippen molar-refractivity contribution in [2.45, 2.75) is 44.2 Å². The first-order valence-electron chi connectivity index (χ1n) is 11.0. The lowest BCUT2D eigenvalue weighted by atomic mass is 10.1. The summed E-state index contributed by atoms with van der Waals surface area (Å²) >= 11 is 0. The fourth-order valence-electron chi connectivity index (χ4n) is 2.76. The van der Waals surface area contributed by atoms with E-state index in [1.165, 1.54) is 48.6 Å². The number of hydrogen-bond acceptors (Lipinski definition) is 5. The van der Waals surface area contributed by atoms with Crippen LogP contribution in [0, 0.1) is 0 Å². The minimum Gasteiger partial charge on any atom is -0.494 e. The highest BCUT2D eigenvalue weighted by Crippen LogP contribution is 2.48. The summed E-state index contributed by atoms with van der Waals surface area (Å²) in [6, 6.07) is 11.4. The second kappa shape index (κ2) is 12.6. The zero-order valence-electron chi connectivity index (χ0n) is 19.5. The number of rotatable bonds is 12. The topological polar surface area (TPSA) is 61.8 Å². The van der Waals surface area contributed by atoms with Crippen molar-refractivity contribution in [2.75, 3.05) is 13.2 Å². The molecule has 2 aromatic carbocycles. The molecule has 2 rings (SSSR count). The van der Waals surface area contributed by atoms with E-state index in [-0.39, 0.29) is 17.1 Å². The van der Waals surface area contributed by atoms with Crippen molar-refractivity contribution in [3.63, 3.8) is 0 Å². The number of ether oxygens (including phenoxy) is 3. The molecule has 0 aliphatic carbocycles. The van der Waals surface area contributed by atoms with Crippen LogP contribution in [0.4, 0.5) is 30.7 Å². The fraction of sp³-hybridized carbons (Fsp3) is 0.360. The van der Waals surface area contributed by atoms with Crippen molar-refractivity contribution in [2.24, 2.45) is 0 Å². The number of esters is 2. The van der Waals surface area contributed by atoms with Gasteiger partial charge in [-0.05, 0) is 60.9 Å². The van der Waals surface area contributed by atoms with Gasteiger partial charge in [-0.15, -0.1) is 0 Å². The van der Waals surface area contributed by atoms with Crippen LogP contribution < -0.4 is 9.47 Å². The van der Waals surface area contributed by atoms with Crippen molar-refractivity contribution >= 4 is 18.0 Å². The van der Waals surface area contributed by atoms with Crippen LogP contribution in [0.1, 0.15) is 42.1 Å². The molecular weight excluding hydrogens is 513 g/mol. The Morgan fingerprint density at radius 2 is 1.43 bits per heavy atom. The molecule has 2 aromatic rings. The summed E-state index contributed by atoms with van der Waals surface area (Å²) in [5.74, 6) is -12.3. The molecule has 0 bridgehead atoms. The molecular formula is C25H23F7O5. The smallest absolute Gasteiger partial charge is 0.459 e. The lowest BCUT2D eigenvalue weighted by molar-refractivity contribution is -0.355. The molecule has 0 fully saturated rings. The van der Waals surface area contributed by atoms with E-state index in [0.29, 0.717) is 18.6 Å². The van der Waals surface area contributed by atoms with Crippen LogP contribution >= 0.6 is 0 Å². The van der Waals surface area contributed by atoms with E-state index in [0.717, 1.165) is 0 Å². The molecule has 202 valence electrons. The molecule has 0 atom stereocenters. The van der Waals surface area contributed by atoms with E-state index in [4.69, 9.17) is 14.2 Å². The molecule has 0 aliphatic heterocycles. The van der Waals surface area contributed by atoms with Gasteiger partial charge in [-0.3, -0.25) is 0 Å². The average Bonchev–Trinajstić information content (AvgIpc) is 2.84. The molecule has 0 amide bonds. The number of hydrogen-bond donors (Lipinski definition) is 0. The van der Waals surface area contributed by atoms with Crippen LogP contribution in [0.5, 0.6) is 11.5 Å². The number of halogens is 7. The van der Waals surface area contributed by atoms with E-state index >= 15 is 0 Å². The molecule has 5 nitrogen and oxygen atoms in total. The van der Waals surface area contributed by atoms with Gasteiger partial charge in [0.25, 0.3) is 0 Å². The maximum absolute atomic E-state index is 13.3. The number of carbonyl (C=O) groups excluding carboxylic acids is 2. The Morgan fingerprint density at radius 1 is 0.838 bits per heavy atom. The van der Waals surface area contributed by atoms with Crippen molar-refractivity contribution in [3.05, 3.63) is 65.7 Å². The summed E-state index contributed by atoms with van der Waals surface area (Å²) in [4.78, 5) is 23.8. The largest absolute Gasteiger partial charge is 0.494 e. The maximum Gasteiger partial charge on any atom is 0.459 e. The first-order chi connectivity index (χ1) is 17.3. The van der Waals surface area contributed by atoms with Gasteiger partial charge in [0.1, 0.15) is 11.5 Å². The molecule has 0 spiro atoms. The third-order valence-corrected chi connectivity index (χ3v) is 4.76. The van der Waals surface area contributed by atoms with Crippen molar-refractivity contribution < 1.29 is 54.5 Å². The minimum absolute atomic E-state index is 0.0797. The third-order valence-electron chi connectivity index (χ3n) is 4.76. The second-order valence-electron chi connectivity index (χ2n) is 7.71. The lowest BCUT2D eigenvalue weighted by Gasteiger charge is -2.28. The molecule has 0 unspecified atom stereocenters. The Labute approximate surface area is 207 Å². The molecule has 0 N–H and O–H groups in total. The SMILES string of the molecule is CCCOC(=O)/C=C/c1ccc(OC(=O)c2ccc(OCCCC(F)(F)C(F)(F)C(F)(F)F)cc2)cc1. The predicted molar refractivity (Wildman–Crippen MR) is 119 cm³/mol. The Kier molecular flexibility index (Phi) is 10.1. The Morgan fingerprint density at radius 3 is 2.00 bits per heavy atom. The summed E-state index contributed by atoms with van der Waals surface area (Å²) < 4.78 is 104. The van der Waals surface area contributed by atoms with Crippen molar-refractivity contribution in [3.8, 4) is 11.5 Å². The fourth-order valence-corrected chi connectivity index (χ4v) is 2.76. The molecule has 0 saturated carbocycles. The molecule has 0 aliphatic rings. The molecule has 12 heteroatoms. The molecule has 0 aromatic heterocycles. The van der Waals surface area contributed by atoms with E-state index < -0.39 is 49.4 Å². The molecule has 0 heterocycles. The third kappa shape index (κ3) is 8.50. The zero-order chi connectivity index (χ0) is 27.7. The molecule has 0 radical (unpaired) electrons. The van der Waals surface area contributed by atoms with Crippen LogP contribution in [-0.4, -0.2) is 43.2 Å². The van der Waals surface area contributed by atoms with Crippen molar-refractivity contribution in [1.29, 1.82) is 0 Å².